The smallest absolute Gasteiger partial charge is 0.225 e. The van der Waals surface area contributed by atoms with E-state index in [9.17, 15) is 4.79 Å². The summed E-state index contributed by atoms with van der Waals surface area (Å²) in [4.78, 5) is 21.5. The molecule has 0 amide bonds. The van der Waals surface area contributed by atoms with Gasteiger partial charge in [0.05, 0.1) is 5.39 Å². The largest absolute Gasteiger partial charge is 0.469 e. The minimum Gasteiger partial charge on any atom is -0.469 e. The molecule has 110 valence electrons. The highest BCUT2D eigenvalue weighted by Crippen LogP contribution is 2.26. The number of fused-ring (bicyclic) bond motifs is 2. The number of carbonyl (C=O) groups is 1. The lowest BCUT2D eigenvalue weighted by molar-refractivity contribution is 0.0919. The van der Waals surface area contributed by atoms with Crippen LogP contribution in [0.3, 0.4) is 0 Å². The number of rotatable bonds is 4. The average molecular weight is 310 g/mol. The summed E-state index contributed by atoms with van der Waals surface area (Å²) in [7, 11) is 0. The van der Waals surface area contributed by atoms with Crippen molar-refractivity contribution >= 4 is 27.3 Å². The zero-order valence-electron chi connectivity index (χ0n) is 11.9. The van der Waals surface area contributed by atoms with E-state index >= 15 is 0 Å². The Morgan fingerprint density at radius 1 is 1.18 bits per heavy atom. The second kappa shape index (κ2) is 5.50. The third-order valence-electron chi connectivity index (χ3n) is 3.99. The molecule has 4 rings (SSSR count). The molecule has 0 bridgehead atoms. The molecule has 0 N–H and O–H groups in total. The first-order chi connectivity index (χ1) is 10.8. The summed E-state index contributed by atoms with van der Waals surface area (Å²) >= 11 is 1.53. The van der Waals surface area contributed by atoms with E-state index in [1.165, 1.54) is 35.2 Å². The molecule has 5 heteroatoms. The van der Waals surface area contributed by atoms with E-state index < -0.39 is 0 Å². The maximum Gasteiger partial charge on any atom is 0.225 e. The molecular weight excluding hydrogens is 296 g/mol. The van der Waals surface area contributed by atoms with Crippen molar-refractivity contribution in [3.63, 3.8) is 0 Å². The summed E-state index contributed by atoms with van der Waals surface area (Å²) in [5.41, 5.74) is 3.39. The van der Waals surface area contributed by atoms with Crippen LogP contribution in [-0.2, 0) is 12.8 Å². The van der Waals surface area contributed by atoms with Crippen LogP contribution in [0.2, 0.25) is 0 Å². The predicted molar refractivity (Wildman–Crippen MR) is 85.7 cm³/mol. The summed E-state index contributed by atoms with van der Waals surface area (Å²) < 4.78 is 5.62. The van der Waals surface area contributed by atoms with Crippen LogP contribution in [0.15, 0.2) is 36.0 Å². The molecule has 0 saturated carbocycles. The molecular formula is C17H14N2O2S. The fourth-order valence-electron chi connectivity index (χ4n) is 2.84. The summed E-state index contributed by atoms with van der Waals surface area (Å²) in [5.74, 6) is 0.456. The zero-order valence-corrected chi connectivity index (χ0v) is 12.7. The maximum absolute atomic E-state index is 12.3. The van der Waals surface area contributed by atoms with Crippen molar-refractivity contribution in [2.45, 2.75) is 19.3 Å². The fourth-order valence-corrected chi connectivity index (χ4v) is 3.57. The van der Waals surface area contributed by atoms with E-state index in [1.807, 2.05) is 23.6 Å². The number of aryl methyl sites for hydroxylation is 2. The lowest BCUT2D eigenvalue weighted by atomic mass is 10.0. The molecule has 1 aliphatic rings. The molecule has 0 unspecified atom stereocenters. The monoisotopic (exact) mass is 310 g/mol. The van der Waals surface area contributed by atoms with Crippen molar-refractivity contribution in [3.8, 4) is 5.88 Å². The van der Waals surface area contributed by atoms with Crippen LogP contribution >= 0.6 is 11.3 Å². The van der Waals surface area contributed by atoms with Crippen molar-refractivity contribution < 1.29 is 9.53 Å². The molecule has 2 heterocycles. The number of ketones is 1. The highest BCUT2D eigenvalue weighted by molar-refractivity contribution is 7.16. The molecule has 4 nitrogen and oxygen atoms in total. The summed E-state index contributed by atoms with van der Waals surface area (Å²) in [5, 5.41) is 2.79. The van der Waals surface area contributed by atoms with Crippen LogP contribution in [0.1, 0.15) is 27.9 Å². The molecule has 1 aliphatic carbocycles. The van der Waals surface area contributed by atoms with Crippen LogP contribution in [0.25, 0.3) is 10.2 Å². The normalized spacial score (nSPS) is 13.3. The van der Waals surface area contributed by atoms with Gasteiger partial charge in [-0.25, -0.2) is 9.97 Å². The van der Waals surface area contributed by atoms with Crippen molar-refractivity contribution in [3.05, 3.63) is 52.7 Å². The van der Waals surface area contributed by atoms with Gasteiger partial charge in [-0.3, -0.25) is 4.79 Å². The van der Waals surface area contributed by atoms with Gasteiger partial charge < -0.3 is 4.74 Å². The van der Waals surface area contributed by atoms with Crippen LogP contribution < -0.4 is 4.74 Å². The number of nitrogens with zero attached hydrogens (tertiary/aromatic N) is 2. The number of Topliss-reactive ketones (excluding diaryl/α,β-unsaturated/α-hetero) is 1. The predicted octanol–water partition coefficient (Wildman–Crippen LogP) is 3.44. The van der Waals surface area contributed by atoms with Crippen LogP contribution in [0, 0.1) is 0 Å². The molecule has 0 radical (unpaired) electrons. The molecule has 0 fully saturated rings. The fraction of sp³-hybridized carbons (Fsp3) is 0.235. The van der Waals surface area contributed by atoms with Gasteiger partial charge in [0.1, 0.15) is 11.2 Å². The van der Waals surface area contributed by atoms with Gasteiger partial charge in [-0.05, 0) is 47.9 Å². The first-order valence-corrected chi connectivity index (χ1v) is 8.15. The van der Waals surface area contributed by atoms with E-state index in [0.717, 1.165) is 28.6 Å². The van der Waals surface area contributed by atoms with Crippen LogP contribution in [0.5, 0.6) is 5.88 Å². The molecule has 0 saturated heterocycles. The number of carbonyl (C=O) groups excluding carboxylic acids is 1. The number of hydrogen-bond donors (Lipinski definition) is 0. The topological polar surface area (TPSA) is 52.1 Å². The highest BCUT2D eigenvalue weighted by Gasteiger charge is 2.15. The highest BCUT2D eigenvalue weighted by atomic mass is 32.1. The first kappa shape index (κ1) is 13.4. The minimum absolute atomic E-state index is 0.000741. The molecule has 3 aromatic rings. The van der Waals surface area contributed by atoms with E-state index in [1.54, 1.807) is 0 Å². The van der Waals surface area contributed by atoms with Gasteiger partial charge in [-0.15, -0.1) is 11.3 Å². The lowest BCUT2D eigenvalue weighted by Gasteiger charge is -2.07. The van der Waals surface area contributed by atoms with Gasteiger partial charge in [0.2, 0.25) is 5.88 Å². The number of thiophene rings is 1. The van der Waals surface area contributed by atoms with Gasteiger partial charge in [-0.1, -0.05) is 12.1 Å². The number of hydrogen-bond acceptors (Lipinski definition) is 5. The van der Waals surface area contributed by atoms with E-state index in [2.05, 4.69) is 16.0 Å². The van der Waals surface area contributed by atoms with Gasteiger partial charge in [0.15, 0.2) is 12.4 Å². The lowest BCUT2D eigenvalue weighted by Crippen LogP contribution is -2.12. The molecule has 0 aliphatic heterocycles. The first-order valence-electron chi connectivity index (χ1n) is 7.27. The van der Waals surface area contributed by atoms with Crippen LogP contribution in [0.4, 0.5) is 0 Å². The molecule has 22 heavy (non-hydrogen) atoms. The molecule has 2 aromatic heterocycles. The van der Waals surface area contributed by atoms with E-state index in [-0.39, 0.29) is 12.4 Å². The average Bonchev–Trinajstić information content (AvgIpc) is 3.20. The van der Waals surface area contributed by atoms with Crippen LogP contribution in [-0.4, -0.2) is 22.4 Å². The Labute approximate surface area is 131 Å². The Hall–Kier alpha value is -2.27. The second-order valence-corrected chi connectivity index (χ2v) is 6.26. The number of ether oxygens (including phenoxy) is 1. The zero-order chi connectivity index (χ0) is 14.9. The second-order valence-electron chi connectivity index (χ2n) is 5.37. The molecule has 0 spiro atoms. The Bertz CT molecular complexity index is 857. The molecule has 0 atom stereocenters. The van der Waals surface area contributed by atoms with Gasteiger partial charge in [0.25, 0.3) is 0 Å². The van der Waals surface area contributed by atoms with Crippen molar-refractivity contribution in [1.82, 2.24) is 9.97 Å². The SMILES string of the molecule is O=C(COc1ncnc2sccc12)c1ccc2c(c1)CCC2. The van der Waals surface area contributed by atoms with Gasteiger partial charge in [0, 0.05) is 5.56 Å². The van der Waals surface area contributed by atoms with Crippen molar-refractivity contribution in [1.29, 1.82) is 0 Å². The Morgan fingerprint density at radius 2 is 2.09 bits per heavy atom. The summed E-state index contributed by atoms with van der Waals surface area (Å²) in [6.07, 6.45) is 4.84. The number of aromatic nitrogens is 2. The maximum atomic E-state index is 12.3. The van der Waals surface area contributed by atoms with Gasteiger partial charge in [-0.2, -0.15) is 0 Å². The van der Waals surface area contributed by atoms with E-state index in [0.29, 0.717) is 5.88 Å². The summed E-state index contributed by atoms with van der Waals surface area (Å²) in [6.45, 7) is 0.000741. The third kappa shape index (κ3) is 2.37. The quantitative estimate of drug-likeness (QED) is 0.693. The van der Waals surface area contributed by atoms with Crippen molar-refractivity contribution in [2.24, 2.45) is 0 Å². The Kier molecular flexibility index (Phi) is 3.35. The van der Waals surface area contributed by atoms with Crippen molar-refractivity contribution in [2.75, 3.05) is 6.61 Å². The van der Waals surface area contributed by atoms with Gasteiger partial charge >= 0.3 is 0 Å². The molecule has 1 aromatic carbocycles. The Balaban J connectivity index is 1.52. The number of benzene rings is 1. The third-order valence-corrected chi connectivity index (χ3v) is 4.81. The standard InChI is InChI=1S/C17H14N2O2S/c20-15(13-5-4-11-2-1-3-12(11)8-13)9-21-16-14-6-7-22-17(14)19-10-18-16/h4-8,10H,1-3,9H2. The van der Waals surface area contributed by atoms with E-state index in [4.69, 9.17) is 4.74 Å². The summed E-state index contributed by atoms with van der Waals surface area (Å²) in [6, 6.07) is 7.89. The Morgan fingerprint density at radius 3 is 3.05 bits per heavy atom. The minimum atomic E-state index is -0.0170.